The Balaban J connectivity index is 2.91. The molecule has 21 heavy (non-hydrogen) atoms. The summed E-state index contributed by atoms with van der Waals surface area (Å²) in [5, 5.41) is 0. The third kappa shape index (κ3) is 4.49. The second-order valence-corrected chi connectivity index (χ2v) is 4.64. The van der Waals surface area contributed by atoms with Crippen LogP contribution in [0, 0.1) is 5.82 Å². The first-order valence-corrected chi connectivity index (χ1v) is 6.72. The van der Waals surface area contributed by atoms with E-state index in [1.54, 1.807) is 19.2 Å². The Morgan fingerprint density at radius 2 is 2.05 bits per heavy atom. The van der Waals surface area contributed by atoms with Crippen LogP contribution in [0.2, 0.25) is 0 Å². The molecule has 0 heterocycles. The summed E-state index contributed by atoms with van der Waals surface area (Å²) in [7, 11) is 2.87. The summed E-state index contributed by atoms with van der Waals surface area (Å²) in [5.41, 5.74) is 5.19. The normalized spacial score (nSPS) is 13.7. The molecule has 0 radical (unpaired) electrons. The Morgan fingerprint density at radius 1 is 1.29 bits per heavy atom. The topological polar surface area (TPSA) is 70.8 Å². The van der Waals surface area contributed by atoms with Crippen molar-refractivity contribution in [1.82, 2.24) is 0 Å². The van der Waals surface area contributed by atoms with E-state index in [1.165, 1.54) is 19.2 Å². The van der Waals surface area contributed by atoms with E-state index in [9.17, 15) is 9.18 Å². The van der Waals surface area contributed by atoms with Gasteiger partial charge in [-0.05, 0) is 24.1 Å². The lowest BCUT2D eigenvalue weighted by molar-refractivity contribution is -0.148. The molecule has 0 saturated carbocycles. The van der Waals surface area contributed by atoms with Crippen molar-refractivity contribution in [3.05, 3.63) is 35.6 Å². The number of esters is 1. The molecule has 1 aromatic rings. The van der Waals surface area contributed by atoms with Crippen molar-refractivity contribution >= 4 is 5.97 Å². The number of ether oxygens (including phenoxy) is 3. The van der Waals surface area contributed by atoms with Crippen molar-refractivity contribution in [3.63, 3.8) is 0 Å². The Labute approximate surface area is 124 Å². The molecule has 0 bridgehead atoms. The maximum absolute atomic E-state index is 13.4. The molecule has 0 spiro atoms. The highest BCUT2D eigenvalue weighted by Gasteiger charge is 2.40. The van der Waals surface area contributed by atoms with Crippen LogP contribution in [-0.4, -0.2) is 46.6 Å². The van der Waals surface area contributed by atoms with Crippen LogP contribution in [0.1, 0.15) is 12.0 Å². The largest absolute Gasteiger partial charge is 0.468 e. The fourth-order valence-electron chi connectivity index (χ4n) is 2.14. The van der Waals surface area contributed by atoms with E-state index in [-0.39, 0.29) is 6.54 Å². The van der Waals surface area contributed by atoms with Crippen molar-refractivity contribution in [2.24, 2.45) is 5.73 Å². The number of halogens is 1. The second-order valence-electron chi connectivity index (χ2n) is 4.64. The van der Waals surface area contributed by atoms with Gasteiger partial charge < -0.3 is 19.9 Å². The number of hydrogen-bond donors (Lipinski definition) is 1. The molecule has 0 saturated heterocycles. The van der Waals surface area contributed by atoms with E-state index in [4.69, 9.17) is 19.9 Å². The van der Waals surface area contributed by atoms with E-state index >= 15 is 0 Å². The smallest absolute Gasteiger partial charge is 0.317 e. The highest BCUT2D eigenvalue weighted by Crippen LogP contribution is 2.29. The summed E-state index contributed by atoms with van der Waals surface area (Å²) < 4.78 is 28.6. The summed E-state index contributed by atoms with van der Waals surface area (Å²) in [5.74, 6) is -0.916. The first-order chi connectivity index (χ1) is 10.1. The summed E-state index contributed by atoms with van der Waals surface area (Å²) in [6.45, 7) is 1.19. The highest BCUT2D eigenvalue weighted by atomic mass is 19.1. The van der Waals surface area contributed by atoms with E-state index < -0.39 is 17.2 Å². The van der Waals surface area contributed by atoms with Crippen LogP contribution >= 0.6 is 0 Å². The average Bonchev–Trinajstić information content (AvgIpc) is 2.50. The number of benzene rings is 1. The fraction of sp³-hybridized carbons (Fsp3) is 0.533. The second kappa shape index (κ2) is 8.71. The van der Waals surface area contributed by atoms with Gasteiger partial charge in [-0.15, -0.1) is 0 Å². The van der Waals surface area contributed by atoms with Crippen LogP contribution in [0.4, 0.5) is 4.39 Å². The Hall–Kier alpha value is -1.50. The quantitative estimate of drug-likeness (QED) is 0.549. The minimum Gasteiger partial charge on any atom is -0.468 e. The summed E-state index contributed by atoms with van der Waals surface area (Å²) in [4.78, 5) is 12.2. The Morgan fingerprint density at radius 3 is 2.62 bits per heavy atom. The van der Waals surface area contributed by atoms with Crippen molar-refractivity contribution in [3.8, 4) is 0 Å². The molecule has 1 rings (SSSR count). The molecule has 2 N–H and O–H groups in total. The predicted molar refractivity (Wildman–Crippen MR) is 76.5 cm³/mol. The van der Waals surface area contributed by atoms with Gasteiger partial charge in [0.25, 0.3) is 0 Å². The first-order valence-electron chi connectivity index (χ1n) is 6.72. The van der Waals surface area contributed by atoms with Gasteiger partial charge in [-0.2, -0.15) is 0 Å². The van der Waals surface area contributed by atoms with E-state index in [0.717, 1.165) is 0 Å². The monoisotopic (exact) mass is 299 g/mol. The molecular weight excluding hydrogens is 277 g/mol. The minimum absolute atomic E-state index is 0.0107. The molecule has 0 aliphatic rings. The van der Waals surface area contributed by atoms with E-state index in [0.29, 0.717) is 31.8 Å². The third-order valence-electron chi connectivity index (χ3n) is 3.41. The summed E-state index contributed by atoms with van der Waals surface area (Å²) in [6.07, 6.45) is 0.309. The zero-order chi connectivity index (χ0) is 15.7. The Bertz CT molecular complexity index is 455. The van der Waals surface area contributed by atoms with Crippen LogP contribution in [0.15, 0.2) is 24.3 Å². The minimum atomic E-state index is -1.11. The number of hydrogen-bond acceptors (Lipinski definition) is 5. The number of carbonyl (C=O) groups is 1. The third-order valence-corrected chi connectivity index (χ3v) is 3.41. The average molecular weight is 299 g/mol. The lowest BCUT2D eigenvalue weighted by Gasteiger charge is -2.30. The standard InChI is InChI=1S/C15H22FNO4/c1-19-8-9-21-7-6-15(11-17,14(18)20-2)12-4-3-5-13(16)10-12/h3-5,10H,6-9,11,17H2,1-2H3. The number of rotatable bonds is 9. The lowest BCUT2D eigenvalue weighted by atomic mass is 9.77. The lowest BCUT2D eigenvalue weighted by Crippen LogP contribution is -2.45. The fourth-order valence-corrected chi connectivity index (χ4v) is 2.14. The highest BCUT2D eigenvalue weighted by molar-refractivity contribution is 5.83. The summed E-state index contributed by atoms with van der Waals surface area (Å²) in [6, 6.07) is 5.84. The first kappa shape index (κ1) is 17.6. The molecule has 1 aromatic carbocycles. The van der Waals surface area contributed by atoms with Gasteiger partial charge in [0.2, 0.25) is 0 Å². The van der Waals surface area contributed by atoms with E-state index in [2.05, 4.69) is 0 Å². The van der Waals surface area contributed by atoms with Gasteiger partial charge in [-0.25, -0.2) is 4.39 Å². The van der Waals surface area contributed by atoms with Gasteiger partial charge in [0.05, 0.1) is 20.3 Å². The molecule has 118 valence electrons. The molecule has 6 heteroatoms. The van der Waals surface area contributed by atoms with Crippen molar-refractivity contribution < 1.29 is 23.4 Å². The van der Waals surface area contributed by atoms with Crippen LogP contribution < -0.4 is 5.73 Å². The summed E-state index contributed by atoms with van der Waals surface area (Å²) >= 11 is 0. The van der Waals surface area contributed by atoms with Gasteiger partial charge in [-0.3, -0.25) is 4.79 Å². The zero-order valence-corrected chi connectivity index (χ0v) is 12.4. The van der Waals surface area contributed by atoms with Crippen molar-refractivity contribution in [1.29, 1.82) is 0 Å². The van der Waals surface area contributed by atoms with Crippen molar-refractivity contribution in [2.45, 2.75) is 11.8 Å². The van der Waals surface area contributed by atoms with Crippen molar-refractivity contribution in [2.75, 3.05) is 40.6 Å². The van der Waals surface area contributed by atoms with Crippen LogP contribution in [-0.2, 0) is 24.4 Å². The molecule has 0 aromatic heterocycles. The number of carbonyl (C=O) groups excluding carboxylic acids is 1. The number of nitrogens with two attached hydrogens (primary N) is 1. The maximum Gasteiger partial charge on any atom is 0.317 e. The van der Waals surface area contributed by atoms with Gasteiger partial charge in [-0.1, -0.05) is 12.1 Å². The van der Waals surface area contributed by atoms with Crippen LogP contribution in [0.25, 0.3) is 0 Å². The molecule has 0 amide bonds. The molecule has 0 aliphatic heterocycles. The molecular formula is C15H22FNO4. The molecule has 1 unspecified atom stereocenters. The van der Waals surface area contributed by atoms with Crippen LogP contribution in [0.3, 0.4) is 0 Å². The molecule has 5 nitrogen and oxygen atoms in total. The molecule has 0 aliphatic carbocycles. The number of methoxy groups -OCH3 is 2. The zero-order valence-electron chi connectivity index (χ0n) is 12.4. The SMILES string of the molecule is COCCOCCC(CN)(C(=O)OC)c1cccc(F)c1. The molecule has 0 fully saturated rings. The maximum atomic E-state index is 13.4. The Kier molecular flexibility index (Phi) is 7.28. The van der Waals surface area contributed by atoms with Gasteiger partial charge in [0.1, 0.15) is 11.2 Å². The van der Waals surface area contributed by atoms with Gasteiger partial charge in [0.15, 0.2) is 0 Å². The molecule has 1 atom stereocenters. The van der Waals surface area contributed by atoms with Crippen LogP contribution in [0.5, 0.6) is 0 Å². The van der Waals surface area contributed by atoms with Gasteiger partial charge >= 0.3 is 5.97 Å². The van der Waals surface area contributed by atoms with E-state index in [1.807, 2.05) is 0 Å². The van der Waals surface area contributed by atoms with Gasteiger partial charge in [0, 0.05) is 20.3 Å². The predicted octanol–water partition coefficient (Wildman–Crippen LogP) is 1.25.